The summed E-state index contributed by atoms with van der Waals surface area (Å²) < 4.78 is 30.8. The molecule has 194 valence electrons. The minimum Gasteiger partial charge on any atom is -0.379 e. The molecule has 3 heterocycles. The number of benzene rings is 2. The molecule has 0 fully saturated rings. The summed E-state index contributed by atoms with van der Waals surface area (Å²) in [6.07, 6.45) is 1.27. The predicted octanol–water partition coefficient (Wildman–Crippen LogP) is 6.46. The van der Waals surface area contributed by atoms with E-state index in [-0.39, 0.29) is 20.5 Å². The van der Waals surface area contributed by atoms with Crippen LogP contribution in [0.5, 0.6) is 0 Å². The van der Waals surface area contributed by atoms with Gasteiger partial charge in [0.15, 0.2) is 0 Å². The Balaban J connectivity index is 1.49. The van der Waals surface area contributed by atoms with Gasteiger partial charge < -0.3 is 9.88 Å². The molecule has 0 atom stereocenters. The lowest BCUT2D eigenvalue weighted by atomic mass is 10.1. The van der Waals surface area contributed by atoms with Crippen molar-refractivity contribution in [1.82, 2.24) is 24.1 Å². The van der Waals surface area contributed by atoms with Crippen molar-refractivity contribution in [3.63, 3.8) is 0 Å². The van der Waals surface area contributed by atoms with Gasteiger partial charge in [-0.25, -0.2) is 18.3 Å². The summed E-state index contributed by atoms with van der Waals surface area (Å²) in [5, 5.41) is 8.68. The Labute approximate surface area is 230 Å². The molecular formula is C26H20Cl2F2N6OS. The summed E-state index contributed by atoms with van der Waals surface area (Å²) in [6, 6.07) is 9.98. The molecule has 12 heteroatoms. The first-order valence-corrected chi connectivity index (χ1v) is 12.9. The van der Waals surface area contributed by atoms with Crippen LogP contribution in [0.4, 0.5) is 14.5 Å². The summed E-state index contributed by atoms with van der Waals surface area (Å²) in [6.45, 7) is 4.39. The van der Waals surface area contributed by atoms with Crippen molar-refractivity contribution in [1.29, 1.82) is 0 Å². The number of nitrogens with one attached hydrogen (secondary N) is 1. The number of rotatable bonds is 6. The van der Waals surface area contributed by atoms with Gasteiger partial charge in [-0.05, 0) is 50.2 Å². The second kappa shape index (κ2) is 10.4. The summed E-state index contributed by atoms with van der Waals surface area (Å²) in [7, 11) is 1.95. The highest BCUT2D eigenvalue weighted by atomic mass is 35.5. The van der Waals surface area contributed by atoms with Gasteiger partial charge in [0, 0.05) is 29.3 Å². The average molecular weight is 573 g/mol. The van der Waals surface area contributed by atoms with Crippen molar-refractivity contribution < 1.29 is 8.78 Å². The molecule has 38 heavy (non-hydrogen) atoms. The van der Waals surface area contributed by atoms with Gasteiger partial charge in [0.1, 0.15) is 28.8 Å². The third kappa shape index (κ3) is 4.99. The van der Waals surface area contributed by atoms with E-state index in [1.165, 1.54) is 23.0 Å². The zero-order valence-electron chi connectivity index (χ0n) is 20.4. The number of aromatic nitrogens is 5. The van der Waals surface area contributed by atoms with Crippen molar-refractivity contribution in [2.45, 2.75) is 30.3 Å². The van der Waals surface area contributed by atoms with Crippen LogP contribution in [0.2, 0.25) is 10.0 Å². The van der Waals surface area contributed by atoms with Gasteiger partial charge in [0.2, 0.25) is 0 Å². The van der Waals surface area contributed by atoms with Crippen molar-refractivity contribution >= 4 is 46.2 Å². The van der Waals surface area contributed by atoms with Crippen LogP contribution >= 0.6 is 35.0 Å². The van der Waals surface area contributed by atoms with Crippen LogP contribution in [0, 0.1) is 25.5 Å². The predicted molar refractivity (Wildman–Crippen MR) is 145 cm³/mol. The lowest BCUT2D eigenvalue weighted by Gasteiger charge is -2.14. The second-order valence-corrected chi connectivity index (χ2v) is 10.4. The number of aryl methyl sites for hydroxylation is 2. The highest BCUT2D eigenvalue weighted by Crippen LogP contribution is 2.38. The van der Waals surface area contributed by atoms with Gasteiger partial charge in [-0.3, -0.25) is 4.79 Å². The maximum atomic E-state index is 14.1. The molecule has 0 aliphatic carbocycles. The number of fused-ring (bicyclic) bond motifs is 1. The van der Waals surface area contributed by atoms with E-state index in [1.54, 1.807) is 24.3 Å². The number of anilines is 1. The van der Waals surface area contributed by atoms with Gasteiger partial charge in [-0.2, -0.15) is 10.1 Å². The third-order valence-electron chi connectivity index (χ3n) is 6.09. The topological polar surface area (TPSA) is 77.1 Å². The summed E-state index contributed by atoms with van der Waals surface area (Å²) in [5.41, 5.74) is 3.03. The Kier molecular flexibility index (Phi) is 7.13. The zero-order chi connectivity index (χ0) is 27.1. The molecule has 5 aromatic rings. The van der Waals surface area contributed by atoms with Crippen molar-refractivity contribution in [2.75, 3.05) is 5.32 Å². The van der Waals surface area contributed by atoms with Crippen LogP contribution in [0.15, 0.2) is 63.5 Å². The Bertz CT molecular complexity index is 1750. The molecular weight excluding hydrogens is 553 g/mol. The van der Waals surface area contributed by atoms with Crippen LogP contribution in [-0.4, -0.2) is 24.1 Å². The molecule has 0 unspecified atom stereocenters. The first-order chi connectivity index (χ1) is 18.1. The molecule has 0 saturated carbocycles. The van der Waals surface area contributed by atoms with E-state index in [9.17, 15) is 13.6 Å². The number of imidazole rings is 1. The average Bonchev–Trinajstić information content (AvgIpc) is 3.10. The lowest BCUT2D eigenvalue weighted by molar-refractivity contribution is 0.565. The molecule has 0 saturated heterocycles. The maximum Gasteiger partial charge on any atom is 0.281 e. The normalized spacial score (nSPS) is 11.3. The largest absolute Gasteiger partial charge is 0.379 e. The lowest BCUT2D eigenvalue weighted by Crippen LogP contribution is -2.14. The highest BCUT2D eigenvalue weighted by molar-refractivity contribution is 7.99. The first kappa shape index (κ1) is 26.1. The number of hydrogen-bond acceptors (Lipinski definition) is 6. The number of nitrogens with zero attached hydrogens (tertiary/aromatic N) is 5. The zero-order valence-corrected chi connectivity index (χ0v) is 22.7. The third-order valence-corrected chi connectivity index (χ3v) is 7.66. The van der Waals surface area contributed by atoms with E-state index in [4.69, 9.17) is 23.2 Å². The van der Waals surface area contributed by atoms with Gasteiger partial charge in [0.25, 0.3) is 5.56 Å². The quantitative estimate of drug-likeness (QED) is 0.252. The van der Waals surface area contributed by atoms with Crippen molar-refractivity contribution in [3.8, 4) is 11.1 Å². The monoisotopic (exact) mass is 572 g/mol. The van der Waals surface area contributed by atoms with Crippen LogP contribution in [0.3, 0.4) is 0 Å². The Hall–Kier alpha value is -3.47. The fraction of sp³-hybridized carbons (Fsp3) is 0.154. The smallest absolute Gasteiger partial charge is 0.281 e. The van der Waals surface area contributed by atoms with Crippen molar-refractivity contribution in [2.24, 2.45) is 7.05 Å². The second-order valence-electron chi connectivity index (χ2n) is 8.52. The molecule has 0 spiro atoms. The minimum absolute atomic E-state index is 0.184. The molecule has 0 bridgehead atoms. The minimum atomic E-state index is -0.698. The Morgan fingerprint density at radius 3 is 2.42 bits per heavy atom. The standard InChI is InChI=1S/C26H20Cl2F2N6OS/c1-13-21(35(3)14(2)33-13)11-31-16-9-17(27)24(18(28)10-16)25-20-5-7-23(34-36(20)12-32-26(25)37)38-22-6-4-15(29)8-19(22)30/h4-10,12,31H,11H2,1-3H3. The maximum absolute atomic E-state index is 14.1. The first-order valence-electron chi connectivity index (χ1n) is 11.4. The van der Waals surface area contributed by atoms with Crippen LogP contribution in [0.25, 0.3) is 16.6 Å². The van der Waals surface area contributed by atoms with Crippen LogP contribution < -0.4 is 10.9 Å². The van der Waals surface area contributed by atoms with E-state index < -0.39 is 17.2 Å². The van der Waals surface area contributed by atoms with Gasteiger partial charge in [-0.15, -0.1) is 0 Å². The highest BCUT2D eigenvalue weighted by Gasteiger charge is 2.19. The van der Waals surface area contributed by atoms with Gasteiger partial charge in [-0.1, -0.05) is 35.0 Å². The fourth-order valence-electron chi connectivity index (χ4n) is 4.11. The number of hydrogen-bond donors (Lipinski definition) is 1. The van der Waals surface area contributed by atoms with Crippen LogP contribution in [-0.2, 0) is 13.6 Å². The van der Waals surface area contributed by atoms with E-state index in [0.717, 1.165) is 35.0 Å². The van der Waals surface area contributed by atoms with Gasteiger partial charge >= 0.3 is 0 Å². The summed E-state index contributed by atoms with van der Waals surface area (Å²) >= 11 is 14.3. The van der Waals surface area contributed by atoms with Crippen LogP contribution in [0.1, 0.15) is 17.2 Å². The molecule has 0 aliphatic rings. The van der Waals surface area contributed by atoms with E-state index >= 15 is 0 Å². The number of halogens is 4. The molecule has 7 nitrogen and oxygen atoms in total. The molecule has 0 aliphatic heterocycles. The van der Waals surface area contributed by atoms with E-state index in [0.29, 0.717) is 28.3 Å². The molecule has 3 aromatic heterocycles. The molecule has 0 radical (unpaired) electrons. The Morgan fingerprint density at radius 2 is 1.76 bits per heavy atom. The van der Waals surface area contributed by atoms with Gasteiger partial charge in [0.05, 0.1) is 39.1 Å². The van der Waals surface area contributed by atoms with Crippen molar-refractivity contribution in [3.05, 3.63) is 98.0 Å². The fourth-order valence-corrected chi connectivity index (χ4v) is 5.57. The molecule has 5 rings (SSSR count). The molecule has 2 aromatic carbocycles. The van der Waals surface area contributed by atoms with E-state index in [1.807, 2.05) is 25.5 Å². The summed E-state index contributed by atoms with van der Waals surface area (Å²) in [4.78, 5) is 21.5. The summed E-state index contributed by atoms with van der Waals surface area (Å²) in [5.74, 6) is -0.453. The molecule has 0 amide bonds. The molecule has 1 N–H and O–H groups in total. The SMILES string of the molecule is Cc1nc(C)n(C)c1CNc1cc(Cl)c(-c2c(=O)ncn3nc(Sc4ccc(F)cc4F)ccc23)c(Cl)c1. The van der Waals surface area contributed by atoms with E-state index in [2.05, 4.69) is 20.4 Å². The Morgan fingerprint density at radius 1 is 1.03 bits per heavy atom.